The Balaban J connectivity index is 1.97. The molecule has 0 atom stereocenters. The number of ketones is 1. The van der Waals surface area contributed by atoms with Crippen molar-refractivity contribution in [3.05, 3.63) is 50.2 Å². The van der Waals surface area contributed by atoms with Gasteiger partial charge in [-0.25, -0.2) is 4.68 Å². The Morgan fingerprint density at radius 2 is 2.00 bits per heavy atom. The molecule has 0 unspecified atom stereocenters. The van der Waals surface area contributed by atoms with Crippen LogP contribution in [0.5, 0.6) is 0 Å². The van der Waals surface area contributed by atoms with E-state index in [9.17, 15) is 14.9 Å². The molecule has 1 fully saturated rings. The van der Waals surface area contributed by atoms with E-state index < -0.39 is 5.56 Å². The van der Waals surface area contributed by atoms with Crippen LogP contribution in [-0.2, 0) is 6.54 Å². The third-order valence-electron chi connectivity index (χ3n) is 4.74. The highest BCUT2D eigenvalue weighted by atomic mass is 16.1. The summed E-state index contributed by atoms with van der Waals surface area (Å²) in [7, 11) is 0. The molecule has 0 N–H and O–H groups in total. The van der Waals surface area contributed by atoms with Crippen LogP contribution < -0.4 is 5.56 Å². The van der Waals surface area contributed by atoms with Crippen molar-refractivity contribution in [2.75, 3.05) is 0 Å². The number of nitriles is 1. The highest BCUT2D eigenvalue weighted by Gasteiger charge is 2.28. The summed E-state index contributed by atoms with van der Waals surface area (Å²) < 4.78 is 3.30. The Morgan fingerprint density at radius 1 is 1.33 bits per heavy atom. The molecule has 0 saturated heterocycles. The molecule has 1 aliphatic carbocycles. The first-order valence-corrected chi connectivity index (χ1v) is 8.05. The highest BCUT2D eigenvalue weighted by molar-refractivity contribution is 5.97. The minimum atomic E-state index is -0.509. The van der Waals surface area contributed by atoms with Crippen LogP contribution in [0.2, 0.25) is 0 Å². The number of Topliss-reactive ketones (excluding diaryl/α,β-unsaturated/α-hetero) is 1. The van der Waals surface area contributed by atoms with E-state index in [1.165, 1.54) is 0 Å². The lowest BCUT2D eigenvalue weighted by Gasteiger charge is -2.09. The number of aryl methyl sites for hydroxylation is 2. The molecule has 2 heterocycles. The average molecular weight is 324 g/mol. The maximum absolute atomic E-state index is 12.7. The summed E-state index contributed by atoms with van der Waals surface area (Å²) in [6.07, 6.45) is 2.29. The van der Waals surface area contributed by atoms with Crippen molar-refractivity contribution in [3.8, 4) is 6.07 Å². The third kappa shape index (κ3) is 2.56. The predicted molar refractivity (Wildman–Crippen MR) is 89.2 cm³/mol. The lowest BCUT2D eigenvalue weighted by atomic mass is 10.1. The molecular weight excluding hydrogens is 304 g/mol. The van der Waals surface area contributed by atoms with Crippen LogP contribution in [-0.4, -0.2) is 20.1 Å². The van der Waals surface area contributed by atoms with Gasteiger partial charge in [0.2, 0.25) is 0 Å². The Hall–Kier alpha value is -2.68. The van der Waals surface area contributed by atoms with Gasteiger partial charge in [-0.05, 0) is 52.2 Å². The lowest BCUT2D eigenvalue weighted by Crippen LogP contribution is -2.30. The molecule has 0 amide bonds. The second-order valence-corrected chi connectivity index (χ2v) is 6.47. The third-order valence-corrected chi connectivity index (χ3v) is 4.74. The van der Waals surface area contributed by atoms with E-state index in [0.717, 1.165) is 28.9 Å². The number of rotatable bonds is 4. The lowest BCUT2D eigenvalue weighted by molar-refractivity contribution is 0.0964. The van der Waals surface area contributed by atoms with Crippen molar-refractivity contribution < 1.29 is 4.79 Å². The molecule has 24 heavy (non-hydrogen) atoms. The minimum Gasteiger partial charge on any atom is -0.345 e. The molecule has 2 aromatic heterocycles. The number of hydrogen-bond donors (Lipinski definition) is 0. The Labute approximate surface area is 140 Å². The molecule has 2 aromatic rings. The standard InChI is InChI=1S/C18H20N4O2/c1-10-7-15(13(4)22(10)14-5-6-14)17(23)9-21-18(24)16(8-19)11(2)12(3)20-21/h7,14H,5-6,9H2,1-4H3. The van der Waals surface area contributed by atoms with Crippen LogP contribution in [0, 0.1) is 39.0 Å². The number of carbonyl (C=O) groups excluding carboxylic acids is 1. The van der Waals surface area contributed by atoms with Crippen molar-refractivity contribution >= 4 is 5.78 Å². The first kappa shape index (κ1) is 16.2. The number of nitrogens with zero attached hydrogens (tertiary/aromatic N) is 4. The van der Waals surface area contributed by atoms with E-state index in [0.29, 0.717) is 22.9 Å². The number of carbonyl (C=O) groups is 1. The van der Waals surface area contributed by atoms with Crippen molar-refractivity contribution in [2.45, 2.75) is 53.1 Å². The maximum Gasteiger partial charge on any atom is 0.285 e. The van der Waals surface area contributed by atoms with Gasteiger partial charge in [-0.15, -0.1) is 0 Å². The summed E-state index contributed by atoms with van der Waals surface area (Å²) in [4.78, 5) is 25.0. The first-order chi connectivity index (χ1) is 11.3. The van der Waals surface area contributed by atoms with Gasteiger partial charge in [0.25, 0.3) is 5.56 Å². The molecule has 1 aliphatic rings. The molecule has 3 rings (SSSR count). The second-order valence-electron chi connectivity index (χ2n) is 6.47. The van der Waals surface area contributed by atoms with Crippen molar-refractivity contribution in [1.82, 2.24) is 14.3 Å². The van der Waals surface area contributed by atoms with Gasteiger partial charge in [-0.2, -0.15) is 10.4 Å². The van der Waals surface area contributed by atoms with Crippen LogP contribution >= 0.6 is 0 Å². The van der Waals surface area contributed by atoms with E-state index in [1.807, 2.05) is 26.0 Å². The fraction of sp³-hybridized carbons (Fsp3) is 0.444. The fourth-order valence-corrected chi connectivity index (χ4v) is 3.19. The van der Waals surface area contributed by atoms with Crippen molar-refractivity contribution in [1.29, 1.82) is 5.26 Å². The van der Waals surface area contributed by atoms with Gasteiger partial charge >= 0.3 is 0 Å². The highest BCUT2D eigenvalue weighted by Crippen LogP contribution is 2.38. The molecule has 0 spiro atoms. The van der Waals surface area contributed by atoms with Gasteiger partial charge in [-0.1, -0.05) is 0 Å². The van der Waals surface area contributed by atoms with E-state index >= 15 is 0 Å². The topological polar surface area (TPSA) is 80.7 Å². The molecular formula is C18H20N4O2. The van der Waals surface area contributed by atoms with Crippen LogP contribution in [0.3, 0.4) is 0 Å². The fourth-order valence-electron chi connectivity index (χ4n) is 3.19. The summed E-state index contributed by atoms with van der Waals surface area (Å²) in [6.45, 7) is 7.21. The first-order valence-electron chi connectivity index (χ1n) is 8.05. The van der Waals surface area contributed by atoms with Crippen molar-refractivity contribution in [3.63, 3.8) is 0 Å². The van der Waals surface area contributed by atoms with Crippen molar-refractivity contribution in [2.24, 2.45) is 0 Å². The van der Waals surface area contributed by atoms with E-state index in [-0.39, 0.29) is 17.9 Å². The second kappa shape index (κ2) is 5.75. The van der Waals surface area contributed by atoms with Gasteiger partial charge in [0.15, 0.2) is 5.78 Å². The molecule has 0 radical (unpaired) electrons. The average Bonchev–Trinajstić information content (AvgIpc) is 3.31. The summed E-state index contributed by atoms with van der Waals surface area (Å²) >= 11 is 0. The number of hydrogen-bond acceptors (Lipinski definition) is 4. The quantitative estimate of drug-likeness (QED) is 0.809. The Bertz CT molecular complexity index is 939. The van der Waals surface area contributed by atoms with Gasteiger partial charge < -0.3 is 4.57 Å². The summed E-state index contributed by atoms with van der Waals surface area (Å²) in [5.74, 6) is -0.156. The van der Waals surface area contributed by atoms with Crippen LogP contribution in [0.1, 0.15) is 57.5 Å². The molecule has 6 nitrogen and oxygen atoms in total. The smallest absolute Gasteiger partial charge is 0.285 e. The zero-order chi connectivity index (χ0) is 17.6. The molecule has 6 heteroatoms. The normalized spacial score (nSPS) is 13.8. The SMILES string of the molecule is Cc1nn(CC(=O)c2cc(C)n(C3CC3)c2C)c(=O)c(C#N)c1C. The van der Waals surface area contributed by atoms with Crippen LogP contribution in [0.15, 0.2) is 10.9 Å². The zero-order valence-corrected chi connectivity index (χ0v) is 14.4. The Kier molecular flexibility index (Phi) is 3.88. The molecule has 124 valence electrons. The molecule has 1 saturated carbocycles. The maximum atomic E-state index is 12.7. The van der Waals surface area contributed by atoms with E-state index in [2.05, 4.69) is 9.67 Å². The van der Waals surface area contributed by atoms with Gasteiger partial charge in [0, 0.05) is 23.0 Å². The van der Waals surface area contributed by atoms with E-state index in [4.69, 9.17) is 0 Å². The summed E-state index contributed by atoms with van der Waals surface area (Å²) in [5, 5.41) is 13.3. The summed E-state index contributed by atoms with van der Waals surface area (Å²) in [5.41, 5.74) is 3.34. The Morgan fingerprint density at radius 3 is 2.58 bits per heavy atom. The van der Waals surface area contributed by atoms with Gasteiger partial charge in [-0.3, -0.25) is 9.59 Å². The predicted octanol–water partition coefficient (Wildman–Crippen LogP) is 2.37. The molecule has 0 aliphatic heterocycles. The van der Waals surface area contributed by atoms with Crippen LogP contribution in [0.25, 0.3) is 0 Å². The zero-order valence-electron chi connectivity index (χ0n) is 14.4. The monoisotopic (exact) mass is 324 g/mol. The summed E-state index contributed by atoms with van der Waals surface area (Å²) in [6, 6.07) is 4.30. The van der Waals surface area contributed by atoms with Gasteiger partial charge in [0.05, 0.1) is 5.69 Å². The molecule has 0 bridgehead atoms. The largest absolute Gasteiger partial charge is 0.345 e. The number of aromatic nitrogens is 3. The molecule has 0 aromatic carbocycles. The van der Waals surface area contributed by atoms with Crippen LogP contribution in [0.4, 0.5) is 0 Å². The van der Waals surface area contributed by atoms with E-state index in [1.54, 1.807) is 13.8 Å². The minimum absolute atomic E-state index is 0.0544. The van der Waals surface area contributed by atoms with Gasteiger partial charge in [0.1, 0.15) is 18.2 Å².